The minimum Gasteiger partial charge on any atom is -0.481 e. The number of carboxylic acid groups (broad SMARTS) is 2. The Labute approximate surface area is 162 Å². The van der Waals surface area contributed by atoms with Crippen molar-refractivity contribution in [3.05, 3.63) is 0 Å². The maximum atomic E-state index is 12.4. The lowest BCUT2D eigenvalue weighted by Gasteiger charge is -2.23. The minimum atomic E-state index is -1.36. The minimum absolute atomic E-state index is 0.373. The van der Waals surface area contributed by atoms with Crippen LogP contribution in [0.25, 0.3) is 0 Å². The SMILES string of the molecule is CC(NC(=O)C(CC(=O)O)NC(=O)C1CCCN1)C(=O)NC(C(=O)O)C(C)C. The van der Waals surface area contributed by atoms with Crippen molar-refractivity contribution in [3.8, 4) is 0 Å². The molecule has 0 spiro atoms. The monoisotopic (exact) mass is 400 g/mol. The highest BCUT2D eigenvalue weighted by molar-refractivity contribution is 5.95. The summed E-state index contributed by atoms with van der Waals surface area (Å²) in [5.74, 6) is -4.92. The predicted octanol–water partition coefficient (Wildman–Crippen LogP) is -1.57. The van der Waals surface area contributed by atoms with Crippen LogP contribution in [0.1, 0.15) is 40.0 Å². The second kappa shape index (κ2) is 10.6. The van der Waals surface area contributed by atoms with E-state index in [1.807, 2.05) is 0 Å². The molecule has 1 fully saturated rings. The number of carbonyl (C=O) groups is 5. The van der Waals surface area contributed by atoms with E-state index in [4.69, 9.17) is 10.2 Å². The van der Waals surface area contributed by atoms with E-state index in [2.05, 4.69) is 21.3 Å². The fraction of sp³-hybridized carbons (Fsp3) is 0.706. The number of hydrogen-bond donors (Lipinski definition) is 6. The Morgan fingerprint density at radius 1 is 1.00 bits per heavy atom. The third-order valence-corrected chi connectivity index (χ3v) is 4.37. The molecule has 3 amide bonds. The Hall–Kier alpha value is -2.69. The van der Waals surface area contributed by atoms with E-state index in [0.29, 0.717) is 13.0 Å². The standard InChI is InChI=1S/C17H28N4O7/c1-8(2)13(17(27)28)21-14(24)9(3)19-16(26)11(7-12(22)23)20-15(25)10-5-4-6-18-10/h8-11,13,18H,4-7H2,1-3H3,(H,19,26)(H,20,25)(H,21,24)(H,22,23)(H,27,28). The highest BCUT2D eigenvalue weighted by Crippen LogP contribution is 2.06. The van der Waals surface area contributed by atoms with Crippen molar-refractivity contribution in [2.45, 2.75) is 64.2 Å². The van der Waals surface area contributed by atoms with Crippen LogP contribution in [0.5, 0.6) is 0 Å². The molecule has 0 radical (unpaired) electrons. The van der Waals surface area contributed by atoms with Crippen LogP contribution in [-0.4, -0.2) is 70.6 Å². The second-order valence-electron chi connectivity index (χ2n) is 7.11. The van der Waals surface area contributed by atoms with Crippen molar-refractivity contribution in [2.24, 2.45) is 5.92 Å². The zero-order valence-electron chi connectivity index (χ0n) is 16.2. The maximum Gasteiger partial charge on any atom is 0.326 e. The molecular formula is C17H28N4O7. The number of hydrogen-bond acceptors (Lipinski definition) is 6. The van der Waals surface area contributed by atoms with Crippen LogP contribution in [0.15, 0.2) is 0 Å². The molecular weight excluding hydrogens is 372 g/mol. The summed E-state index contributed by atoms with van der Waals surface area (Å²) < 4.78 is 0. The Kier molecular flexibility index (Phi) is 8.83. The molecule has 4 atom stereocenters. The molecule has 11 nitrogen and oxygen atoms in total. The van der Waals surface area contributed by atoms with E-state index < -0.39 is 60.2 Å². The van der Waals surface area contributed by atoms with Gasteiger partial charge < -0.3 is 31.5 Å². The fourth-order valence-corrected chi connectivity index (χ4v) is 2.74. The lowest BCUT2D eigenvalue weighted by Crippen LogP contribution is -2.57. The van der Waals surface area contributed by atoms with Crippen molar-refractivity contribution in [2.75, 3.05) is 6.54 Å². The van der Waals surface area contributed by atoms with Gasteiger partial charge in [-0.25, -0.2) is 4.79 Å². The first-order valence-electron chi connectivity index (χ1n) is 9.12. The molecule has 1 aliphatic rings. The molecule has 4 unspecified atom stereocenters. The van der Waals surface area contributed by atoms with E-state index in [9.17, 15) is 24.0 Å². The third-order valence-electron chi connectivity index (χ3n) is 4.37. The van der Waals surface area contributed by atoms with E-state index in [1.165, 1.54) is 6.92 Å². The van der Waals surface area contributed by atoms with Gasteiger partial charge in [0.25, 0.3) is 0 Å². The lowest BCUT2D eigenvalue weighted by molar-refractivity contribution is -0.144. The number of nitrogens with one attached hydrogen (secondary N) is 4. The van der Waals surface area contributed by atoms with Gasteiger partial charge in [-0.05, 0) is 32.2 Å². The summed E-state index contributed by atoms with van der Waals surface area (Å²) in [4.78, 5) is 58.9. The normalized spacial score (nSPS) is 19.4. The molecule has 0 bridgehead atoms. The summed E-state index contributed by atoms with van der Waals surface area (Å²) in [5.41, 5.74) is 0. The van der Waals surface area contributed by atoms with Gasteiger partial charge in [-0.3, -0.25) is 19.2 Å². The van der Waals surface area contributed by atoms with E-state index in [0.717, 1.165) is 6.42 Å². The average Bonchev–Trinajstić information content (AvgIpc) is 3.12. The molecule has 0 aromatic rings. The van der Waals surface area contributed by atoms with Crippen molar-refractivity contribution < 1.29 is 34.2 Å². The zero-order valence-corrected chi connectivity index (χ0v) is 16.2. The summed E-state index contributed by atoms with van der Waals surface area (Å²) in [5, 5.41) is 28.1. The van der Waals surface area contributed by atoms with Crippen molar-refractivity contribution in [1.82, 2.24) is 21.3 Å². The van der Waals surface area contributed by atoms with Crippen LogP contribution in [0.4, 0.5) is 0 Å². The summed E-state index contributed by atoms with van der Waals surface area (Å²) in [6.45, 7) is 5.24. The number of carboxylic acids is 2. The van der Waals surface area contributed by atoms with Gasteiger partial charge >= 0.3 is 11.9 Å². The molecule has 0 aromatic heterocycles. The van der Waals surface area contributed by atoms with Gasteiger partial charge in [-0.2, -0.15) is 0 Å². The predicted molar refractivity (Wildman–Crippen MR) is 97.2 cm³/mol. The Morgan fingerprint density at radius 2 is 1.64 bits per heavy atom. The first-order valence-corrected chi connectivity index (χ1v) is 9.12. The largest absolute Gasteiger partial charge is 0.481 e. The highest BCUT2D eigenvalue weighted by Gasteiger charge is 2.31. The molecule has 11 heteroatoms. The van der Waals surface area contributed by atoms with Crippen LogP contribution < -0.4 is 21.3 Å². The van der Waals surface area contributed by atoms with Gasteiger partial charge in [-0.15, -0.1) is 0 Å². The number of aliphatic carboxylic acids is 2. The van der Waals surface area contributed by atoms with E-state index in [-0.39, 0.29) is 5.92 Å². The molecule has 1 heterocycles. The van der Waals surface area contributed by atoms with E-state index >= 15 is 0 Å². The average molecular weight is 400 g/mol. The Bertz CT molecular complexity index is 617. The summed E-state index contributed by atoms with van der Waals surface area (Å²) in [6, 6.07) is -4.10. The summed E-state index contributed by atoms with van der Waals surface area (Å²) >= 11 is 0. The van der Waals surface area contributed by atoms with Gasteiger partial charge in [0.2, 0.25) is 17.7 Å². The highest BCUT2D eigenvalue weighted by atomic mass is 16.4. The molecule has 1 aliphatic heterocycles. The fourth-order valence-electron chi connectivity index (χ4n) is 2.74. The van der Waals surface area contributed by atoms with Crippen LogP contribution in [0.3, 0.4) is 0 Å². The van der Waals surface area contributed by atoms with Crippen molar-refractivity contribution >= 4 is 29.7 Å². The van der Waals surface area contributed by atoms with Gasteiger partial charge in [0, 0.05) is 0 Å². The van der Waals surface area contributed by atoms with Gasteiger partial charge in [-0.1, -0.05) is 13.8 Å². The van der Waals surface area contributed by atoms with Crippen LogP contribution in [0.2, 0.25) is 0 Å². The number of amides is 3. The number of rotatable bonds is 10. The molecule has 28 heavy (non-hydrogen) atoms. The Balaban J connectivity index is 2.71. The maximum absolute atomic E-state index is 12.4. The lowest BCUT2D eigenvalue weighted by atomic mass is 10.0. The van der Waals surface area contributed by atoms with Gasteiger partial charge in [0.15, 0.2) is 0 Å². The third kappa shape index (κ3) is 7.14. The smallest absolute Gasteiger partial charge is 0.326 e. The topological polar surface area (TPSA) is 174 Å². The second-order valence-corrected chi connectivity index (χ2v) is 7.11. The van der Waals surface area contributed by atoms with Crippen LogP contribution in [0, 0.1) is 5.92 Å². The van der Waals surface area contributed by atoms with Crippen molar-refractivity contribution in [3.63, 3.8) is 0 Å². The quantitative estimate of drug-likeness (QED) is 0.255. The summed E-state index contributed by atoms with van der Waals surface area (Å²) in [6.07, 6.45) is 0.728. The molecule has 158 valence electrons. The molecule has 0 aromatic carbocycles. The zero-order chi connectivity index (χ0) is 21.4. The molecule has 6 N–H and O–H groups in total. The van der Waals surface area contributed by atoms with E-state index in [1.54, 1.807) is 13.8 Å². The first-order chi connectivity index (χ1) is 13.0. The number of carbonyl (C=O) groups excluding carboxylic acids is 3. The molecule has 0 saturated carbocycles. The first kappa shape index (κ1) is 23.3. The molecule has 1 rings (SSSR count). The van der Waals surface area contributed by atoms with Crippen LogP contribution in [-0.2, 0) is 24.0 Å². The summed E-state index contributed by atoms with van der Waals surface area (Å²) in [7, 11) is 0. The van der Waals surface area contributed by atoms with Gasteiger partial charge in [0.05, 0.1) is 12.5 Å². The Morgan fingerprint density at radius 3 is 2.11 bits per heavy atom. The van der Waals surface area contributed by atoms with Gasteiger partial charge in [0.1, 0.15) is 18.1 Å². The van der Waals surface area contributed by atoms with Crippen LogP contribution >= 0.6 is 0 Å². The van der Waals surface area contributed by atoms with Crippen molar-refractivity contribution in [1.29, 1.82) is 0 Å². The molecule has 0 aliphatic carbocycles. The molecule has 1 saturated heterocycles.